The molecule has 0 aliphatic carbocycles. The van der Waals surface area contributed by atoms with Gasteiger partial charge in [0.15, 0.2) is 0 Å². The summed E-state index contributed by atoms with van der Waals surface area (Å²) in [6, 6.07) is 21.5. The molecule has 93 heavy (non-hydrogen) atoms. The molecule has 3 heteroatoms. The topological polar surface area (TPSA) is 60.7 Å². The number of hydrogen-bond donors (Lipinski definition) is 3. The number of hydrogen-bond acceptors (Lipinski definition) is 3. The van der Waals surface area contributed by atoms with Crippen molar-refractivity contribution in [1.82, 2.24) is 0 Å². The summed E-state index contributed by atoms with van der Waals surface area (Å²) in [7, 11) is 0. The van der Waals surface area contributed by atoms with Crippen molar-refractivity contribution in [1.29, 1.82) is 0 Å². The Balaban J connectivity index is 2.46. The SMILES string of the molecule is CCCCCCCCCCCCCC(c1cc(C(C)(C)C)c(O)cc1C)(c1cc(C(C)(C)C)c(O)cc1C)C(CCCCCCCCCCCCC)(CCCCCCCCCCCCC)C(C)(c1cc(C(C)(C)C)c(O)cc1C)c1c(C(C)(C)C)cccc1C(C)(C)C. The van der Waals surface area contributed by atoms with Crippen LogP contribution in [0.5, 0.6) is 17.2 Å². The van der Waals surface area contributed by atoms with E-state index in [1.165, 1.54) is 220 Å². The predicted molar refractivity (Wildman–Crippen MR) is 411 cm³/mol. The second-order valence-corrected chi connectivity index (χ2v) is 35.5. The summed E-state index contributed by atoms with van der Waals surface area (Å²) in [5, 5.41) is 37.8. The van der Waals surface area contributed by atoms with E-state index in [4.69, 9.17) is 0 Å². The molecule has 1 unspecified atom stereocenters. The average Bonchev–Trinajstić information content (AvgIpc) is 0.673. The van der Waals surface area contributed by atoms with Gasteiger partial charge in [0.25, 0.3) is 0 Å². The van der Waals surface area contributed by atoms with Gasteiger partial charge in [-0.05, 0) is 157 Å². The van der Waals surface area contributed by atoms with Gasteiger partial charge in [0.1, 0.15) is 17.2 Å². The fourth-order valence-corrected chi connectivity index (χ4v) is 17.2. The lowest BCUT2D eigenvalue weighted by Crippen LogP contribution is -2.60. The van der Waals surface area contributed by atoms with Crippen molar-refractivity contribution in [3.63, 3.8) is 0 Å². The van der Waals surface area contributed by atoms with E-state index in [1.54, 1.807) is 0 Å². The highest BCUT2D eigenvalue weighted by Crippen LogP contribution is 2.70. The summed E-state index contributed by atoms with van der Waals surface area (Å²) in [6.45, 7) is 52.3. The summed E-state index contributed by atoms with van der Waals surface area (Å²) >= 11 is 0. The monoisotopic (exact) mass is 1280 g/mol. The lowest BCUT2D eigenvalue weighted by molar-refractivity contribution is 0.0246. The Kier molecular flexibility index (Phi) is 32.8. The van der Waals surface area contributed by atoms with Crippen LogP contribution < -0.4 is 0 Å². The number of unbranched alkanes of at least 4 members (excludes halogenated alkanes) is 30. The molecule has 0 heterocycles. The van der Waals surface area contributed by atoms with Gasteiger partial charge in [0, 0.05) is 10.8 Å². The number of aryl methyl sites for hydroxylation is 3. The van der Waals surface area contributed by atoms with Crippen LogP contribution in [0.3, 0.4) is 0 Å². The smallest absolute Gasteiger partial charge is 0.119 e. The number of phenols is 3. The molecule has 0 saturated carbocycles. The van der Waals surface area contributed by atoms with Crippen LogP contribution in [0, 0.1) is 26.2 Å². The Morgan fingerprint density at radius 2 is 0.484 bits per heavy atom. The molecule has 0 saturated heterocycles. The van der Waals surface area contributed by atoms with E-state index in [0.29, 0.717) is 17.2 Å². The van der Waals surface area contributed by atoms with E-state index >= 15 is 0 Å². The summed E-state index contributed by atoms with van der Waals surface area (Å²) in [5.41, 5.74) is 11.2. The molecule has 0 aromatic heterocycles. The van der Waals surface area contributed by atoms with Crippen molar-refractivity contribution in [3.05, 3.63) is 121 Å². The Morgan fingerprint density at radius 1 is 0.258 bits per heavy atom. The summed E-state index contributed by atoms with van der Waals surface area (Å²) in [4.78, 5) is 0. The van der Waals surface area contributed by atoms with Crippen LogP contribution >= 0.6 is 0 Å². The van der Waals surface area contributed by atoms with Gasteiger partial charge in [-0.3, -0.25) is 0 Å². The molecule has 0 amide bonds. The van der Waals surface area contributed by atoms with Gasteiger partial charge in [-0.1, -0.05) is 380 Å². The van der Waals surface area contributed by atoms with Crippen LogP contribution in [0.1, 0.15) is 429 Å². The molecule has 0 radical (unpaired) electrons. The van der Waals surface area contributed by atoms with Gasteiger partial charge >= 0.3 is 0 Å². The zero-order valence-corrected chi connectivity index (χ0v) is 65.5. The van der Waals surface area contributed by atoms with Crippen LogP contribution in [0.25, 0.3) is 0 Å². The van der Waals surface area contributed by atoms with Crippen molar-refractivity contribution in [2.75, 3.05) is 0 Å². The van der Waals surface area contributed by atoms with E-state index < -0.39 is 16.2 Å². The molecule has 528 valence electrons. The van der Waals surface area contributed by atoms with Crippen LogP contribution in [0.2, 0.25) is 0 Å². The van der Waals surface area contributed by atoms with Crippen molar-refractivity contribution < 1.29 is 15.3 Å². The maximum Gasteiger partial charge on any atom is 0.119 e. The third-order valence-corrected chi connectivity index (χ3v) is 22.4. The minimum Gasteiger partial charge on any atom is -0.508 e. The normalized spacial score (nSPS) is 13.7. The first-order valence-corrected chi connectivity index (χ1v) is 39.3. The van der Waals surface area contributed by atoms with Gasteiger partial charge in [0.2, 0.25) is 0 Å². The second-order valence-electron chi connectivity index (χ2n) is 35.5. The third-order valence-electron chi connectivity index (χ3n) is 22.4. The highest BCUT2D eigenvalue weighted by molar-refractivity contribution is 5.64. The molecule has 4 aromatic carbocycles. The highest BCUT2D eigenvalue weighted by Gasteiger charge is 2.64. The first-order chi connectivity index (χ1) is 43.6. The number of aromatic hydroxyl groups is 3. The number of phenolic OH excluding ortho intramolecular Hbond substituents is 3. The van der Waals surface area contributed by atoms with E-state index in [2.05, 4.69) is 207 Å². The van der Waals surface area contributed by atoms with Gasteiger partial charge in [-0.25, -0.2) is 0 Å². The van der Waals surface area contributed by atoms with E-state index in [9.17, 15) is 15.3 Å². The molecule has 0 aliphatic rings. The molecular weight excluding hydrogens is 1130 g/mol. The third kappa shape index (κ3) is 22.1. The van der Waals surface area contributed by atoms with Gasteiger partial charge in [-0.2, -0.15) is 0 Å². The molecular formula is C90H150O3. The minimum atomic E-state index is -0.718. The molecule has 3 N–H and O–H groups in total. The van der Waals surface area contributed by atoms with E-state index in [1.807, 2.05) is 0 Å². The Bertz CT molecular complexity index is 2680. The van der Waals surface area contributed by atoms with Crippen molar-refractivity contribution in [3.8, 4) is 17.2 Å². The quantitative estimate of drug-likeness (QED) is 0.0388. The first-order valence-electron chi connectivity index (χ1n) is 39.3. The van der Waals surface area contributed by atoms with Gasteiger partial charge in [0.05, 0.1) is 0 Å². The minimum absolute atomic E-state index is 0.241. The van der Waals surface area contributed by atoms with Gasteiger partial charge < -0.3 is 15.3 Å². The molecule has 4 aromatic rings. The molecule has 0 aliphatic heterocycles. The molecule has 0 bridgehead atoms. The fraction of sp³-hybridized carbons (Fsp3) is 0.733. The molecule has 0 fully saturated rings. The van der Waals surface area contributed by atoms with Crippen LogP contribution in [-0.2, 0) is 37.9 Å². The summed E-state index contributed by atoms with van der Waals surface area (Å²) < 4.78 is 0. The Labute approximate surface area is 577 Å². The summed E-state index contributed by atoms with van der Waals surface area (Å²) in [5.74, 6) is 1.14. The fourth-order valence-electron chi connectivity index (χ4n) is 17.2. The second kappa shape index (κ2) is 37.3. The standard InChI is InChI=1S/C90H150O3/c1-23-26-29-32-35-38-41-44-47-50-53-59-89(60-54-51-48-45-42-39-36-33-30-27-24-2,88(22,73-65-76(85(13,14)15)79(91)62-68(73)4)82-71(83(7,8)9)57-56-58-72(82)84(10,11)12)90(61-55-52-49-46-43-40-37-34-31-28-25-3,74-66-77(86(16,17)18)80(92)63-69(74)5)75-67-78(87(19,20)21)81(93)64-70(75)6/h56-58,62-67,91-93H,23-55,59-61H2,1-22H3. The summed E-state index contributed by atoms with van der Waals surface area (Å²) in [6.07, 6.45) is 45.0. The Hall–Kier alpha value is -3.72. The molecule has 0 spiro atoms. The maximum absolute atomic E-state index is 12.6. The highest BCUT2D eigenvalue weighted by atomic mass is 16.3. The van der Waals surface area contributed by atoms with Crippen LogP contribution in [0.4, 0.5) is 0 Å². The maximum atomic E-state index is 12.6. The molecule has 1 atom stereocenters. The number of rotatable bonds is 42. The first kappa shape index (κ1) is 81.7. The van der Waals surface area contributed by atoms with Crippen LogP contribution in [0.15, 0.2) is 54.6 Å². The lowest BCUT2D eigenvalue weighted by Gasteiger charge is -2.64. The van der Waals surface area contributed by atoms with Crippen LogP contribution in [-0.4, -0.2) is 15.3 Å². The lowest BCUT2D eigenvalue weighted by atomic mass is 9.38. The van der Waals surface area contributed by atoms with Crippen molar-refractivity contribution >= 4 is 0 Å². The molecule has 4 rings (SSSR count). The largest absolute Gasteiger partial charge is 0.508 e. The zero-order chi connectivity index (χ0) is 69.5. The average molecular weight is 1280 g/mol. The van der Waals surface area contributed by atoms with E-state index in [0.717, 1.165) is 78.3 Å². The molecule has 3 nitrogen and oxygen atoms in total. The zero-order valence-electron chi connectivity index (χ0n) is 65.5. The predicted octanol–water partition coefficient (Wildman–Crippen LogP) is 28.6. The van der Waals surface area contributed by atoms with Crippen molar-refractivity contribution in [2.45, 2.75) is 421 Å². The van der Waals surface area contributed by atoms with Crippen molar-refractivity contribution in [2.24, 2.45) is 5.41 Å². The van der Waals surface area contributed by atoms with Gasteiger partial charge in [-0.15, -0.1) is 0 Å². The van der Waals surface area contributed by atoms with E-state index in [-0.39, 0.29) is 27.1 Å². The number of benzene rings is 4. The Morgan fingerprint density at radius 3 is 0.742 bits per heavy atom.